The van der Waals surface area contributed by atoms with Gasteiger partial charge in [-0.05, 0) is 51.9 Å². The Hall–Kier alpha value is -1.59. The molecule has 0 bridgehead atoms. The molecule has 1 aliphatic carbocycles. The van der Waals surface area contributed by atoms with Crippen LogP contribution in [0.5, 0.6) is 0 Å². The number of amides is 3. The molecule has 1 N–H and O–H groups in total. The molecule has 6 heteroatoms. The van der Waals surface area contributed by atoms with Crippen LogP contribution < -0.4 is 5.32 Å². The van der Waals surface area contributed by atoms with E-state index in [1.54, 1.807) is 6.92 Å². The Morgan fingerprint density at radius 3 is 2.21 bits per heavy atom. The van der Waals surface area contributed by atoms with Gasteiger partial charge in [-0.15, -0.1) is 0 Å². The fourth-order valence-corrected chi connectivity index (χ4v) is 3.76. The number of carbonyl (C=O) groups is 3. The molecule has 2 heterocycles. The number of hydrogen-bond acceptors (Lipinski definition) is 3. The van der Waals surface area contributed by atoms with Gasteiger partial charge in [0, 0.05) is 32.1 Å². The van der Waals surface area contributed by atoms with E-state index in [9.17, 15) is 14.4 Å². The minimum Gasteiger partial charge on any atom is -0.344 e. The summed E-state index contributed by atoms with van der Waals surface area (Å²) in [5.74, 6) is 0.167. The lowest BCUT2D eigenvalue weighted by Crippen LogP contribution is -2.52. The summed E-state index contributed by atoms with van der Waals surface area (Å²) >= 11 is 0. The molecule has 2 aliphatic heterocycles. The fourth-order valence-electron chi connectivity index (χ4n) is 3.76. The van der Waals surface area contributed by atoms with Crippen LogP contribution >= 0.6 is 0 Å². The summed E-state index contributed by atoms with van der Waals surface area (Å²) in [5.41, 5.74) is 0. The molecule has 0 aromatic carbocycles. The smallest absolute Gasteiger partial charge is 0.244 e. The van der Waals surface area contributed by atoms with Crippen LogP contribution in [0.4, 0.5) is 0 Å². The van der Waals surface area contributed by atoms with Crippen molar-refractivity contribution in [3.63, 3.8) is 0 Å². The van der Waals surface area contributed by atoms with E-state index >= 15 is 0 Å². The predicted octanol–water partition coefficient (Wildman–Crippen LogP) is 1.15. The van der Waals surface area contributed by atoms with Crippen molar-refractivity contribution in [2.45, 2.75) is 57.9 Å². The topological polar surface area (TPSA) is 69.7 Å². The van der Waals surface area contributed by atoms with Gasteiger partial charge in [-0.2, -0.15) is 0 Å². The van der Waals surface area contributed by atoms with Crippen LogP contribution in [0, 0.1) is 11.8 Å². The molecule has 24 heavy (non-hydrogen) atoms. The zero-order chi connectivity index (χ0) is 17.1. The highest BCUT2D eigenvalue weighted by molar-refractivity contribution is 5.89. The lowest BCUT2D eigenvalue weighted by Gasteiger charge is -2.33. The third kappa shape index (κ3) is 4.08. The van der Waals surface area contributed by atoms with E-state index in [2.05, 4.69) is 5.32 Å². The largest absolute Gasteiger partial charge is 0.344 e. The maximum absolute atomic E-state index is 12.5. The minimum absolute atomic E-state index is 0.0183. The van der Waals surface area contributed by atoms with Crippen molar-refractivity contribution >= 4 is 17.7 Å². The van der Waals surface area contributed by atoms with E-state index in [0.717, 1.165) is 58.2 Å². The van der Waals surface area contributed by atoms with E-state index in [-0.39, 0.29) is 29.6 Å². The van der Waals surface area contributed by atoms with Crippen LogP contribution in [0.1, 0.15) is 51.9 Å². The maximum atomic E-state index is 12.5. The normalized spacial score (nSPS) is 26.0. The molecule has 2 atom stereocenters. The van der Waals surface area contributed by atoms with Crippen molar-refractivity contribution in [3.8, 4) is 0 Å². The number of nitrogens with zero attached hydrogens (tertiary/aromatic N) is 2. The number of nitrogens with one attached hydrogen (secondary N) is 1. The van der Waals surface area contributed by atoms with Crippen molar-refractivity contribution in [3.05, 3.63) is 0 Å². The Kier molecular flexibility index (Phi) is 5.41. The molecule has 0 spiro atoms. The van der Waals surface area contributed by atoms with Gasteiger partial charge in [-0.1, -0.05) is 0 Å². The van der Waals surface area contributed by atoms with E-state index < -0.39 is 6.04 Å². The number of carbonyl (C=O) groups excluding carboxylic acids is 3. The summed E-state index contributed by atoms with van der Waals surface area (Å²) in [4.78, 5) is 40.9. The van der Waals surface area contributed by atoms with Crippen LogP contribution in [-0.4, -0.2) is 59.7 Å². The Morgan fingerprint density at radius 1 is 0.875 bits per heavy atom. The highest BCUT2D eigenvalue weighted by Gasteiger charge is 2.37. The SMILES string of the molecule is C[C@H](NC(=O)[C@H]1CCCN(C(=O)C2CC2)C1)C(=O)N1CCCCC1. The molecule has 134 valence electrons. The first kappa shape index (κ1) is 17.2. The number of piperidine rings is 2. The summed E-state index contributed by atoms with van der Waals surface area (Å²) in [6.07, 6.45) is 6.93. The third-order valence-corrected chi connectivity index (χ3v) is 5.43. The van der Waals surface area contributed by atoms with Crippen molar-refractivity contribution in [2.24, 2.45) is 11.8 Å². The fraction of sp³-hybridized carbons (Fsp3) is 0.833. The number of hydrogen-bond donors (Lipinski definition) is 1. The zero-order valence-corrected chi connectivity index (χ0v) is 14.6. The van der Waals surface area contributed by atoms with Crippen molar-refractivity contribution in [2.75, 3.05) is 26.2 Å². The molecular formula is C18H29N3O3. The first-order valence-electron chi connectivity index (χ1n) is 9.44. The van der Waals surface area contributed by atoms with E-state index in [4.69, 9.17) is 0 Å². The van der Waals surface area contributed by atoms with Gasteiger partial charge in [0.25, 0.3) is 0 Å². The Balaban J connectivity index is 1.49. The van der Waals surface area contributed by atoms with E-state index in [1.807, 2.05) is 9.80 Å². The molecule has 0 aromatic rings. The number of likely N-dealkylation sites (tertiary alicyclic amines) is 2. The Morgan fingerprint density at radius 2 is 1.54 bits per heavy atom. The minimum atomic E-state index is -0.481. The van der Waals surface area contributed by atoms with Crippen molar-refractivity contribution in [1.82, 2.24) is 15.1 Å². The lowest BCUT2D eigenvalue weighted by molar-refractivity contribution is -0.140. The summed E-state index contributed by atoms with van der Waals surface area (Å²) in [6, 6.07) is -0.481. The lowest BCUT2D eigenvalue weighted by atomic mass is 9.96. The average molecular weight is 335 g/mol. The monoisotopic (exact) mass is 335 g/mol. The van der Waals surface area contributed by atoms with Crippen LogP contribution in [0.25, 0.3) is 0 Å². The zero-order valence-electron chi connectivity index (χ0n) is 14.6. The maximum Gasteiger partial charge on any atom is 0.244 e. The molecule has 2 saturated heterocycles. The van der Waals surface area contributed by atoms with Crippen molar-refractivity contribution < 1.29 is 14.4 Å². The van der Waals surface area contributed by atoms with E-state index in [0.29, 0.717) is 6.54 Å². The van der Waals surface area contributed by atoms with Crippen LogP contribution in [-0.2, 0) is 14.4 Å². The Bertz CT molecular complexity index is 498. The van der Waals surface area contributed by atoms with E-state index in [1.165, 1.54) is 6.42 Å². The van der Waals surface area contributed by atoms with Gasteiger partial charge in [-0.25, -0.2) is 0 Å². The standard InChI is InChI=1S/C18H29N3O3/c1-13(17(23)20-9-3-2-4-10-20)19-16(22)15-6-5-11-21(12-15)18(24)14-7-8-14/h13-15H,2-12H2,1H3,(H,19,22)/t13-,15-/m0/s1. The summed E-state index contributed by atoms with van der Waals surface area (Å²) in [7, 11) is 0. The molecule has 0 radical (unpaired) electrons. The number of rotatable bonds is 4. The molecule has 6 nitrogen and oxygen atoms in total. The highest BCUT2D eigenvalue weighted by Crippen LogP contribution is 2.32. The molecule has 3 amide bonds. The Labute approximate surface area is 143 Å². The summed E-state index contributed by atoms with van der Waals surface area (Å²) < 4.78 is 0. The molecule has 1 saturated carbocycles. The van der Waals surface area contributed by atoms with Gasteiger partial charge < -0.3 is 15.1 Å². The van der Waals surface area contributed by atoms with Crippen LogP contribution in [0.3, 0.4) is 0 Å². The summed E-state index contributed by atoms with van der Waals surface area (Å²) in [6.45, 7) is 4.64. The molecule has 3 aliphatic rings. The quantitative estimate of drug-likeness (QED) is 0.838. The average Bonchev–Trinajstić information content (AvgIpc) is 3.46. The van der Waals surface area contributed by atoms with Crippen LogP contribution in [0.2, 0.25) is 0 Å². The highest BCUT2D eigenvalue weighted by atomic mass is 16.2. The first-order chi connectivity index (χ1) is 11.6. The second-order valence-electron chi connectivity index (χ2n) is 7.51. The molecule has 0 unspecified atom stereocenters. The van der Waals surface area contributed by atoms with Gasteiger partial charge in [-0.3, -0.25) is 14.4 Å². The molecule has 0 aromatic heterocycles. The van der Waals surface area contributed by atoms with Crippen LogP contribution in [0.15, 0.2) is 0 Å². The first-order valence-corrected chi connectivity index (χ1v) is 9.44. The molecular weight excluding hydrogens is 306 g/mol. The van der Waals surface area contributed by atoms with Gasteiger partial charge in [0.2, 0.25) is 17.7 Å². The van der Waals surface area contributed by atoms with Gasteiger partial charge in [0.1, 0.15) is 6.04 Å². The third-order valence-electron chi connectivity index (χ3n) is 5.43. The predicted molar refractivity (Wildman–Crippen MR) is 90.1 cm³/mol. The van der Waals surface area contributed by atoms with Gasteiger partial charge >= 0.3 is 0 Å². The van der Waals surface area contributed by atoms with Gasteiger partial charge in [0.05, 0.1) is 5.92 Å². The molecule has 3 rings (SSSR count). The van der Waals surface area contributed by atoms with Crippen molar-refractivity contribution in [1.29, 1.82) is 0 Å². The second kappa shape index (κ2) is 7.53. The second-order valence-corrected chi connectivity index (χ2v) is 7.51. The molecule has 3 fully saturated rings. The summed E-state index contributed by atoms with van der Waals surface area (Å²) in [5, 5.41) is 2.88. The van der Waals surface area contributed by atoms with Gasteiger partial charge in [0.15, 0.2) is 0 Å².